The lowest BCUT2D eigenvalue weighted by atomic mass is 10.1. The van der Waals surface area contributed by atoms with Gasteiger partial charge in [-0.05, 0) is 36.6 Å². The van der Waals surface area contributed by atoms with Crippen molar-refractivity contribution in [3.05, 3.63) is 36.3 Å². The van der Waals surface area contributed by atoms with Crippen LogP contribution in [0.3, 0.4) is 0 Å². The summed E-state index contributed by atoms with van der Waals surface area (Å²) in [5.74, 6) is 2.00. The number of hydrogen-bond donors (Lipinski definition) is 0. The van der Waals surface area contributed by atoms with E-state index < -0.39 is 0 Å². The Morgan fingerprint density at radius 1 is 1.22 bits per heavy atom. The van der Waals surface area contributed by atoms with Gasteiger partial charge in [-0.3, -0.25) is 4.79 Å². The number of imidazole rings is 1. The first kappa shape index (κ1) is 15.6. The highest BCUT2D eigenvalue weighted by Crippen LogP contribution is 2.26. The molecule has 1 aliphatic rings. The van der Waals surface area contributed by atoms with Crippen molar-refractivity contribution in [3.8, 4) is 17.0 Å². The van der Waals surface area contributed by atoms with Crippen molar-refractivity contribution in [1.29, 1.82) is 0 Å². The minimum absolute atomic E-state index is 0.0386. The summed E-state index contributed by atoms with van der Waals surface area (Å²) in [6.45, 7) is 6.70. The minimum atomic E-state index is 0.0386. The second-order valence-electron chi connectivity index (χ2n) is 6.32. The molecule has 0 unspecified atom stereocenters. The van der Waals surface area contributed by atoms with Crippen LogP contribution >= 0.6 is 0 Å². The third-order valence-corrected chi connectivity index (χ3v) is 4.29. The van der Waals surface area contributed by atoms with E-state index in [0.29, 0.717) is 11.7 Å². The van der Waals surface area contributed by atoms with Gasteiger partial charge >= 0.3 is 0 Å². The summed E-state index contributed by atoms with van der Waals surface area (Å²) >= 11 is 0. The molecular formula is C18H23N3O2. The van der Waals surface area contributed by atoms with Gasteiger partial charge in [0.15, 0.2) is 5.82 Å². The number of hydrogen-bond acceptors (Lipinski definition) is 3. The number of fused-ring (bicyclic) bond motifs is 1. The van der Waals surface area contributed by atoms with Crippen LogP contribution in [0.5, 0.6) is 5.75 Å². The largest absolute Gasteiger partial charge is 0.497 e. The molecular weight excluding hydrogens is 290 g/mol. The second-order valence-corrected chi connectivity index (χ2v) is 6.32. The van der Waals surface area contributed by atoms with Gasteiger partial charge in [0, 0.05) is 25.2 Å². The summed E-state index contributed by atoms with van der Waals surface area (Å²) in [7, 11) is 1.65. The number of nitrogens with zero attached hydrogens (tertiary/aromatic N) is 3. The summed E-state index contributed by atoms with van der Waals surface area (Å²) in [5, 5.41) is 0. The van der Waals surface area contributed by atoms with E-state index in [0.717, 1.165) is 43.1 Å². The van der Waals surface area contributed by atoms with E-state index in [1.807, 2.05) is 33.7 Å². The van der Waals surface area contributed by atoms with E-state index in [-0.39, 0.29) is 5.91 Å². The molecule has 1 aliphatic heterocycles. The molecule has 0 saturated carbocycles. The van der Waals surface area contributed by atoms with Crippen molar-refractivity contribution in [3.63, 3.8) is 0 Å². The summed E-state index contributed by atoms with van der Waals surface area (Å²) in [6, 6.07) is 7.85. The van der Waals surface area contributed by atoms with Gasteiger partial charge in [0.25, 0.3) is 5.91 Å². The zero-order chi connectivity index (χ0) is 16.4. The molecule has 1 amide bonds. The van der Waals surface area contributed by atoms with Gasteiger partial charge in [-0.15, -0.1) is 0 Å². The third-order valence-electron chi connectivity index (χ3n) is 4.29. The minimum Gasteiger partial charge on any atom is -0.497 e. The highest BCUT2D eigenvalue weighted by molar-refractivity contribution is 5.92. The quantitative estimate of drug-likeness (QED) is 0.852. The summed E-state index contributed by atoms with van der Waals surface area (Å²) in [6.07, 6.45) is 2.82. The molecule has 1 aromatic carbocycles. The molecule has 1 aromatic heterocycles. The molecule has 23 heavy (non-hydrogen) atoms. The Kier molecular flexibility index (Phi) is 4.37. The van der Waals surface area contributed by atoms with Crippen LogP contribution in [0, 0.1) is 5.92 Å². The SMILES string of the molecule is COc1ccc(-c2cnc3n2CCN(CCC(C)C)C3=O)cc1. The van der Waals surface area contributed by atoms with Crippen LogP contribution < -0.4 is 4.74 Å². The van der Waals surface area contributed by atoms with E-state index >= 15 is 0 Å². The molecule has 0 aliphatic carbocycles. The standard InChI is InChI=1S/C18H23N3O2/c1-13(2)8-9-20-10-11-21-16(12-19-17(21)18(20)22)14-4-6-15(23-3)7-5-14/h4-7,12-13H,8-11H2,1-3H3. The van der Waals surface area contributed by atoms with Crippen molar-refractivity contribution >= 4 is 5.91 Å². The lowest BCUT2D eigenvalue weighted by molar-refractivity contribution is 0.0690. The van der Waals surface area contributed by atoms with Crippen molar-refractivity contribution in [2.75, 3.05) is 20.2 Å². The van der Waals surface area contributed by atoms with E-state index in [1.54, 1.807) is 13.3 Å². The third kappa shape index (κ3) is 3.09. The van der Waals surface area contributed by atoms with Crippen LogP contribution in [0.15, 0.2) is 30.5 Å². The normalized spacial score (nSPS) is 14.3. The fourth-order valence-electron chi connectivity index (χ4n) is 2.86. The van der Waals surface area contributed by atoms with E-state index in [4.69, 9.17) is 4.74 Å². The number of aromatic nitrogens is 2. The van der Waals surface area contributed by atoms with E-state index in [1.165, 1.54) is 0 Å². The molecule has 0 radical (unpaired) electrons. The maximum atomic E-state index is 12.6. The van der Waals surface area contributed by atoms with Crippen LogP contribution in [0.25, 0.3) is 11.3 Å². The molecule has 0 bridgehead atoms. The summed E-state index contributed by atoms with van der Waals surface area (Å²) < 4.78 is 7.22. The zero-order valence-corrected chi connectivity index (χ0v) is 14.0. The number of rotatable bonds is 5. The Bertz CT molecular complexity index is 689. The topological polar surface area (TPSA) is 47.4 Å². The molecule has 0 N–H and O–H groups in total. The van der Waals surface area contributed by atoms with E-state index in [2.05, 4.69) is 18.8 Å². The average molecular weight is 313 g/mol. The molecule has 2 aromatic rings. The molecule has 0 fully saturated rings. The smallest absolute Gasteiger partial charge is 0.289 e. The number of amides is 1. The summed E-state index contributed by atoms with van der Waals surface area (Å²) in [4.78, 5) is 18.9. The molecule has 3 rings (SSSR count). The molecule has 0 saturated heterocycles. The van der Waals surface area contributed by atoms with Gasteiger partial charge in [-0.25, -0.2) is 4.98 Å². The number of ether oxygens (including phenoxy) is 1. The maximum Gasteiger partial charge on any atom is 0.289 e. The Morgan fingerprint density at radius 2 is 1.96 bits per heavy atom. The lowest BCUT2D eigenvalue weighted by Gasteiger charge is -2.28. The fraction of sp³-hybridized carbons (Fsp3) is 0.444. The molecule has 5 heteroatoms. The second kappa shape index (κ2) is 6.44. The number of methoxy groups -OCH3 is 1. The Labute approximate surface area is 136 Å². The van der Waals surface area contributed by atoms with Crippen molar-refractivity contribution in [2.45, 2.75) is 26.8 Å². The van der Waals surface area contributed by atoms with Crippen LogP contribution in [0.1, 0.15) is 30.9 Å². The van der Waals surface area contributed by atoms with Crippen molar-refractivity contribution in [2.24, 2.45) is 5.92 Å². The Hall–Kier alpha value is -2.30. The van der Waals surface area contributed by atoms with Crippen LogP contribution in [-0.2, 0) is 6.54 Å². The van der Waals surface area contributed by atoms with Crippen molar-refractivity contribution < 1.29 is 9.53 Å². The number of carbonyl (C=O) groups is 1. The predicted molar refractivity (Wildman–Crippen MR) is 89.6 cm³/mol. The maximum absolute atomic E-state index is 12.6. The van der Waals surface area contributed by atoms with Crippen LogP contribution in [0.2, 0.25) is 0 Å². The van der Waals surface area contributed by atoms with Gasteiger partial charge in [-0.2, -0.15) is 0 Å². The Morgan fingerprint density at radius 3 is 2.61 bits per heavy atom. The van der Waals surface area contributed by atoms with Gasteiger partial charge in [0.05, 0.1) is 19.0 Å². The van der Waals surface area contributed by atoms with Crippen LogP contribution in [-0.4, -0.2) is 40.6 Å². The lowest BCUT2D eigenvalue weighted by Crippen LogP contribution is -2.41. The van der Waals surface area contributed by atoms with Crippen molar-refractivity contribution in [1.82, 2.24) is 14.5 Å². The van der Waals surface area contributed by atoms with Crippen LogP contribution in [0.4, 0.5) is 0 Å². The molecule has 122 valence electrons. The molecule has 5 nitrogen and oxygen atoms in total. The number of benzene rings is 1. The monoisotopic (exact) mass is 313 g/mol. The first-order valence-electron chi connectivity index (χ1n) is 8.09. The number of carbonyl (C=O) groups excluding carboxylic acids is 1. The first-order chi connectivity index (χ1) is 11.1. The predicted octanol–water partition coefficient (Wildman–Crippen LogP) is 3.06. The molecule has 0 atom stereocenters. The van der Waals surface area contributed by atoms with Gasteiger partial charge < -0.3 is 14.2 Å². The Balaban J connectivity index is 1.83. The summed E-state index contributed by atoms with van der Waals surface area (Å²) in [5.41, 5.74) is 2.03. The first-order valence-corrected chi connectivity index (χ1v) is 8.09. The van der Waals surface area contributed by atoms with Gasteiger partial charge in [0.2, 0.25) is 0 Å². The highest BCUT2D eigenvalue weighted by atomic mass is 16.5. The fourth-order valence-corrected chi connectivity index (χ4v) is 2.86. The highest BCUT2D eigenvalue weighted by Gasteiger charge is 2.27. The van der Waals surface area contributed by atoms with Gasteiger partial charge in [0.1, 0.15) is 5.75 Å². The van der Waals surface area contributed by atoms with Gasteiger partial charge in [-0.1, -0.05) is 13.8 Å². The zero-order valence-electron chi connectivity index (χ0n) is 14.0. The molecule has 0 spiro atoms. The van der Waals surface area contributed by atoms with E-state index in [9.17, 15) is 4.79 Å². The molecule has 2 heterocycles. The average Bonchev–Trinajstić information content (AvgIpc) is 2.99.